The summed E-state index contributed by atoms with van der Waals surface area (Å²) in [5.41, 5.74) is -0.915. The number of rotatable bonds is 3. The van der Waals surface area contributed by atoms with Crippen LogP contribution < -0.4 is 0 Å². The summed E-state index contributed by atoms with van der Waals surface area (Å²) in [6.45, 7) is 2.01. The lowest BCUT2D eigenvalue weighted by Crippen LogP contribution is -2.34. The third kappa shape index (κ3) is 1.69. The smallest absolute Gasteiger partial charge is 0.111 e. The van der Waals surface area contributed by atoms with Gasteiger partial charge in [-0.1, -0.05) is 6.92 Å². The molecule has 0 spiro atoms. The van der Waals surface area contributed by atoms with Crippen LogP contribution in [0.1, 0.15) is 32.6 Å². The van der Waals surface area contributed by atoms with Gasteiger partial charge in [0.2, 0.25) is 0 Å². The number of aliphatic hydroxyl groups is 1. The monoisotopic (exact) mass is 146 g/mol. The van der Waals surface area contributed by atoms with Gasteiger partial charge in [-0.05, 0) is 31.6 Å². The van der Waals surface area contributed by atoms with Crippen LogP contribution in [0.5, 0.6) is 0 Å². The molecule has 1 saturated carbocycles. The zero-order valence-corrected chi connectivity index (χ0v) is 6.44. The van der Waals surface area contributed by atoms with E-state index in [0.29, 0.717) is 19.3 Å². The Bertz CT molecular complexity index is 110. The van der Waals surface area contributed by atoms with Gasteiger partial charge in [0.05, 0.1) is 0 Å². The number of halogens is 1. The van der Waals surface area contributed by atoms with Gasteiger partial charge in [-0.2, -0.15) is 0 Å². The fraction of sp³-hybridized carbons (Fsp3) is 1.00. The molecule has 0 aliphatic heterocycles. The zero-order valence-electron chi connectivity index (χ0n) is 6.44. The van der Waals surface area contributed by atoms with Crippen LogP contribution in [-0.4, -0.2) is 17.4 Å². The molecule has 1 atom stereocenters. The highest BCUT2D eigenvalue weighted by molar-refractivity contribution is 4.89. The molecule has 1 fully saturated rings. The average Bonchev–Trinajstić information content (AvgIpc) is 1.84. The van der Waals surface area contributed by atoms with E-state index in [1.165, 1.54) is 0 Å². The second-order valence-electron chi connectivity index (χ2n) is 3.50. The van der Waals surface area contributed by atoms with Crippen LogP contribution in [0.3, 0.4) is 0 Å². The van der Waals surface area contributed by atoms with Crippen LogP contribution >= 0.6 is 0 Å². The van der Waals surface area contributed by atoms with Gasteiger partial charge in [-0.3, -0.25) is 0 Å². The lowest BCUT2D eigenvalue weighted by molar-refractivity contribution is 0.0280. The van der Waals surface area contributed by atoms with Crippen molar-refractivity contribution < 1.29 is 9.50 Å². The van der Waals surface area contributed by atoms with Crippen LogP contribution in [0.25, 0.3) is 0 Å². The van der Waals surface area contributed by atoms with Gasteiger partial charge in [0.25, 0.3) is 0 Å². The quantitative estimate of drug-likeness (QED) is 0.644. The van der Waals surface area contributed by atoms with E-state index in [-0.39, 0.29) is 12.5 Å². The van der Waals surface area contributed by atoms with E-state index in [1.807, 2.05) is 6.92 Å². The van der Waals surface area contributed by atoms with Gasteiger partial charge >= 0.3 is 0 Å². The SMILES string of the molecule is CC(CO)CC1(F)CCC1. The molecule has 0 aromatic carbocycles. The topological polar surface area (TPSA) is 20.2 Å². The molecule has 1 rings (SSSR count). The molecule has 2 heteroatoms. The molecule has 0 amide bonds. The molecule has 1 N–H and O–H groups in total. The molecular formula is C8H15FO. The second-order valence-corrected chi connectivity index (χ2v) is 3.50. The van der Waals surface area contributed by atoms with Gasteiger partial charge in [0, 0.05) is 6.61 Å². The molecule has 0 saturated heterocycles. The third-order valence-corrected chi connectivity index (χ3v) is 2.28. The van der Waals surface area contributed by atoms with E-state index < -0.39 is 5.67 Å². The Kier molecular flexibility index (Phi) is 2.29. The first-order valence-corrected chi connectivity index (χ1v) is 3.96. The van der Waals surface area contributed by atoms with Crippen molar-refractivity contribution in [1.29, 1.82) is 0 Å². The summed E-state index contributed by atoms with van der Waals surface area (Å²) in [6.07, 6.45) is 2.98. The molecule has 0 aromatic heterocycles. The Morgan fingerprint density at radius 3 is 2.50 bits per heavy atom. The number of aliphatic hydroxyl groups excluding tert-OH is 1. The molecule has 0 bridgehead atoms. The summed E-state index contributed by atoms with van der Waals surface area (Å²) in [4.78, 5) is 0. The van der Waals surface area contributed by atoms with E-state index in [9.17, 15) is 4.39 Å². The molecule has 10 heavy (non-hydrogen) atoms. The Labute approximate surface area is 61.2 Å². The largest absolute Gasteiger partial charge is 0.396 e. The standard InChI is InChI=1S/C8H15FO/c1-7(6-10)5-8(9)3-2-4-8/h7,10H,2-6H2,1H3. The van der Waals surface area contributed by atoms with Crippen molar-refractivity contribution >= 4 is 0 Å². The van der Waals surface area contributed by atoms with Gasteiger partial charge < -0.3 is 5.11 Å². The maximum atomic E-state index is 13.2. The predicted molar refractivity (Wildman–Crippen MR) is 38.6 cm³/mol. The normalized spacial score (nSPS) is 25.5. The maximum Gasteiger partial charge on any atom is 0.111 e. The summed E-state index contributed by atoms with van der Waals surface area (Å²) in [5.74, 6) is 0.130. The summed E-state index contributed by atoms with van der Waals surface area (Å²) >= 11 is 0. The van der Waals surface area contributed by atoms with Gasteiger partial charge in [0.1, 0.15) is 5.67 Å². The van der Waals surface area contributed by atoms with Crippen LogP contribution in [0.4, 0.5) is 4.39 Å². The van der Waals surface area contributed by atoms with E-state index in [0.717, 1.165) is 6.42 Å². The summed E-state index contributed by atoms with van der Waals surface area (Å²) < 4.78 is 13.2. The van der Waals surface area contributed by atoms with Crippen molar-refractivity contribution in [3.8, 4) is 0 Å². The molecule has 1 unspecified atom stereocenters. The molecule has 1 nitrogen and oxygen atoms in total. The summed E-state index contributed by atoms with van der Waals surface area (Å²) in [5, 5.41) is 8.65. The molecular weight excluding hydrogens is 131 g/mol. The second kappa shape index (κ2) is 2.87. The lowest BCUT2D eigenvalue weighted by atomic mass is 9.76. The lowest BCUT2D eigenvalue weighted by Gasteiger charge is -2.35. The van der Waals surface area contributed by atoms with Crippen LogP contribution in [-0.2, 0) is 0 Å². The zero-order chi connectivity index (χ0) is 7.61. The fourth-order valence-electron chi connectivity index (χ4n) is 1.45. The Hall–Kier alpha value is -0.110. The molecule has 60 valence electrons. The first kappa shape index (κ1) is 7.99. The van der Waals surface area contributed by atoms with Gasteiger partial charge in [0.15, 0.2) is 0 Å². The number of alkyl halides is 1. The minimum absolute atomic E-state index is 0.117. The number of hydrogen-bond acceptors (Lipinski definition) is 1. The predicted octanol–water partition coefficient (Wildman–Crippen LogP) is 1.90. The minimum atomic E-state index is -0.915. The highest BCUT2D eigenvalue weighted by Crippen LogP contribution is 2.40. The minimum Gasteiger partial charge on any atom is -0.396 e. The molecule has 0 aromatic rings. The van der Waals surface area contributed by atoms with Crippen molar-refractivity contribution in [3.63, 3.8) is 0 Å². The van der Waals surface area contributed by atoms with E-state index in [4.69, 9.17) is 5.11 Å². The van der Waals surface area contributed by atoms with Crippen molar-refractivity contribution in [2.24, 2.45) is 5.92 Å². The number of hydrogen-bond donors (Lipinski definition) is 1. The van der Waals surface area contributed by atoms with E-state index in [2.05, 4.69) is 0 Å². The third-order valence-electron chi connectivity index (χ3n) is 2.28. The van der Waals surface area contributed by atoms with Crippen LogP contribution in [0.2, 0.25) is 0 Å². The maximum absolute atomic E-state index is 13.2. The van der Waals surface area contributed by atoms with Gasteiger partial charge in [-0.15, -0.1) is 0 Å². The van der Waals surface area contributed by atoms with Crippen LogP contribution in [0.15, 0.2) is 0 Å². The highest BCUT2D eigenvalue weighted by Gasteiger charge is 2.37. The van der Waals surface area contributed by atoms with Crippen molar-refractivity contribution in [1.82, 2.24) is 0 Å². The first-order valence-electron chi connectivity index (χ1n) is 3.96. The highest BCUT2D eigenvalue weighted by atomic mass is 19.1. The Morgan fingerprint density at radius 1 is 1.60 bits per heavy atom. The van der Waals surface area contributed by atoms with E-state index in [1.54, 1.807) is 0 Å². The van der Waals surface area contributed by atoms with E-state index >= 15 is 0 Å². The van der Waals surface area contributed by atoms with Crippen molar-refractivity contribution in [2.75, 3.05) is 6.61 Å². The summed E-state index contributed by atoms with van der Waals surface area (Å²) in [7, 11) is 0. The molecule has 1 aliphatic carbocycles. The van der Waals surface area contributed by atoms with Crippen LogP contribution in [0, 0.1) is 5.92 Å². The molecule has 1 aliphatic rings. The Balaban J connectivity index is 2.22. The molecule has 0 heterocycles. The Morgan fingerprint density at radius 2 is 2.20 bits per heavy atom. The van der Waals surface area contributed by atoms with Gasteiger partial charge in [-0.25, -0.2) is 4.39 Å². The van der Waals surface area contributed by atoms with Crippen molar-refractivity contribution in [2.45, 2.75) is 38.3 Å². The van der Waals surface area contributed by atoms with Crippen molar-refractivity contribution in [3.05, 3.63) is 0 Å². The average molecular weight is 146 g/mol. The fourth-order valence-corrected chi connectivity index (χ4v) is 1.45. The summed E-state index contributed by atoms with van der Waals surface area (Å²) in [6, 6.07) is 0. The molecule has 0 radical (unpaired) electrons. The first-order chi connectivity index (χ1) is 4.66.